The predicted octanol–water partition coefficient (Wildman–Crippen LogP) is -1.74. The van der Waals surface area contributed by atoms with Gasteiger partial charge < -0.3 is 39.5 Å². The molecule has 0 fully saturated rings. The fraction of sp³-hybridized carbons (Fsp3) is 0.526. The van der Waals surface area contributed by atoms with Gasteiger partial charge in [-0.2, -0.15) is 0 Å². The minimum Gasteiger partial charge on any atom is -0.478 e. The molecule has 0 aliphatic heterocycles. The van der Waals surface area contributed by atoms with Crippen LogP contribution < -0.4 is 34.4 Å². The third-order valence-corrected chi connectivity index (χ3v) is 5.49. The van der Waals surface area contributed by atoms with Crippen LogP contribution in [0.25, 0.3) is 0 Å². The number of carbonyl (C=O) groups is 3. The van der Waals surface area contributed by atoms with Crippen LogP contribution in [0.2, 0.25) is 0 Å². The highest BCUT2D eigenvalue weighted by atomic mass is 16.4. The van der Waals surface area contributed by atoms with Crippen molar-refractivity contribution in [1.82, 2.24) is 0 Å². The van der Waals surface area contributed by atoms with Crippen LogP contribution in [-0.2, 0) is 0 Å². The molecule has 0 saturated heterocycles. The average Bonchev–Trinajstić information content (AvgIpc) is 2.75. The molecular formula is C19H32N6O4. The third kappa shape index (κ3) is 5.89. The molecule has 0 unspecified atom stereocenters. The van der Waals surface area contributed by atoms with Crippen molar-refractivity contribution in [3.8, 4) is 0 Å². The molecule has 0 atom stereocenters. The molecule has 29 heavy (non-hydrogen) atoms. The lowest BCUT2D eigenvalue weighted by atomic mass is 9.80. The number of carboxylic acids is 1. The second-order valence-corrected chi connectivity index (χ2v) is 7.53. The summed E-state index contributed by atoms with van der Waals surface area (Å²) >= 11 is 0. The molecule has 0 heterocycles. The molecule has 10 heteroatoms. The molecular weight excluding hydrogens is 376 g/mol. The van der Waals surface area contributed by atoms with Crippen LogP contribution in [-0.4, -0.2) is 61.9 Å². The number of hydrogen-bond acceptors (Lipinski definition) is 9. The van der Waals surface area contributed by atoms with Gasteiger partial charge >= 0.3 is 5.97 Å². The molecule has 13 N–H and O–H groups in total. The molecule has 0 saturated carbocycles. The first-order chi connectivity index (χ1) is 13.6. The SMILES string of the molecule is NCC(CN)(CN)CC(=O)c1cc(C(=O)O)cc(C(=O)CC(CN)(CN)CN)c1. The number of carbonyl (C=O) groups excluding carboxylic acids is 2. The van der Waals surface area contributed by atoms with E-state index in [1.54, 1.807) is 0 Å². The maximum Gasteiger partial charge on any atom is 0.335 e. The number of Topliss-reactive ketones (excluding diaryl/α,β-unsaturated/α-hetero) is 2. The summed E-state index contributed by atoms with van der Waals surface area (Å²) in [5, 5.41) is 9.40. The summed E-state index contributed by atoms with van der Waals surface area (Å²) in [5.74, 6) is -2.06. The molecule has 1 aromatic rings. The molecule has 0 aliphatic carbocycles. The number of ketones is 2. The number of aromatic carboxylic acids is 1. The first-order valence-electron chi connectivity index (χ1n) is 9.30. The number of nitrogens with two attached hydrogens (primary N) is 6. The standard InChI is InChI=1S/C19H32N6O4/c20-6-18(7-21,8-22)4-15(26)12-1-13(3-14(2-12)17(28)29)16(27)5-19(9-23,10-24)11-25/h1-3H,4-11,20-25H2,(H,28,29). The summed E-state index contributed by atoms with van der Waals surface area (Å²) < 4.78 is 0. The van der Waals surface area contributed by atoms with E-state index in [9.17, 15) is 19.5 Å². The van der Waals surface area contributed by atoms with Crippen LogP contribution in [0.5, 0.6) is 0 Å². The fourth-order valence-electron chi connectivity index (χ4n) is 2.89. The zero-order chi connectivity index (χ0) is 22.2. The van der Waals surface area contributed by atoms with Crippen molar-refractivity contribution in [1.29, 1.82) is 0 Å². The van der Waals surface area contributed by atoms with Crippen molar-refractivity contribution >= 4 is 17.5 Å². The van der Waals surface area contributed by atoms with E-state index in [1.165, 1.54) is 18.2 Å². The van der Waals surface area contributed by atoms with E-state index < -0.39 is 28.4 Å². The van der Waals surface area contributed by atoms with Crippen LogP contribution in [0.4, 0.5) is 0 Å². The van der Waals surface area contributed by atoms with Crippen LogP contribution in [0.3, 0.4) is 0 Å². The second kappa shape index (κ2) is 10.5. The fourth-order valence-corrected chi connectivity index (χ4v) is 2.89. The normalized spacial score (nSPS) is 12.1. The van der Waals surface area contributed by atoms with Gasteiger partial charge in [-0.15, -0.1) is 0 Å². The molecule has 0 aliphatic rings. The molecule has 10 nitrogen and oxygen atoms in total. The van der Waals surface area contributed by atoms with Gasteiger partial charge in [-0.25, -0.2) is 4.79 Å². The summed E-state index contributed by atoms with van der Waals surface area (Å²) in [4.78, 5) is 37.1. The molecule has 1 aromatic carbocycles. The van der Waals surface area contributed by atoms with Crippen molar-refractivity contribution in [2.75, 3.05) is 39.3 Å². The smallest absolute Gasteiger partial charge is 0.335 e. The van der Waals surface area contributed by atoms with E-state index in [1.807, 2.05) is 0 Å². The highest BCUT2D eigenvalue weighted by molar-refractivity contribution is 6.04. The van der Waals surface area contributed by atoms with E-state index in [-0.39, 0.29) is 68.8 Å². The van der Waals surface area contributed by atoms with Crippen LogP contribution in [0.1, 0.15) is 43.9 Å². The summed E-state index contributed by atoms with van der Waals surface area (Å²) in [6.07, 6.45) is -0.128. The number of rotatable bonds is 13. The quantitative estimate of drug-likeness (QED) is 0.182. The highest BCUT2D eigenvalue weighted by Gasteiger charge is 2.31. The maximum absolute atomic E-state index is 12.8. The van der Waals surface area contributed by atoms with Gasteiger partial charge in [-0.05, 0) is 18.2 Å². The molecule has 0 bridgehead atoms. The Morgan fingerprint density at radius 2 is 0.897 bits per heavy atom. The van der Waals surface area contributed by atoms with Crippen molar-refractivity contribution in [3.63, 3.8) is 0 Å². The summed E-state index contributed by atoms with van der Waals surface area (Å²) in [6.45, 7) is 0.596. The summed E-state index contributed by atoms with van der Waals surface area (Å²) in [7, 11) is 0. The van der Waals surface area contributed by atoms with Gasteiger partial charge in [0.05, 0.1) is 5.56 Å². The summed E-state index contributed by atoms with van der Waals surface area (Å²) in [6, 6.07) is 3.80. The lowest BCUT2D eigenvalue weighted by Gasteiger charge is -2.29. The van der Waals surface area contributed by atoms with Crippen LogP contribution >= 0.6 is 0 Å². The van der Waals surface area contributed by atoms with Gasteiger partial charge in [0.1, 0.15) is 0 Å². The number of benzene rings is 1. The minimum atomic E-state index is -1.26. The zero-order valence-corrected chi connectivity index (χ0v) is 16.5. The largest absolute Gasteiger partial charge is 0.478 e. The molecule has 0 spiro atoms. The molecule has 0 radical (unpaired) electrons. The number of carboxylic acid groups (broad SMARTS) is 1. The first kappa shape index (κ1) is 24.8. The minimum absolute atomic E-state index is 0.0639. The second-order valence-electron chi connectivity index (χ2n) is 7.53. The Balaban J connectivity index is 3.32. The Hall–Kier alpha value is -2.21. The third-order valence-electron chi connectivity index (χ3n) is 5.49. The van der Waals surface area contributed by atoms with Gasteiger partial charge in [0.15, 0.2) is 11.6 Å². The molecule has 162 valence electrons. The van der Waals surface area contributed by atoms with E-state index in [2.05, 4.69) is 0 Å². The Morgan fingerprint density at radius 1 is 0.621 bits per heavy atom. The van der Waals surface area contributed by atoms with Gasteiger partial charge in [0.2, 0.25) is 0 Å². The summed E-state index contributed by atoms with van der Waals surface area (Å²) in [5.41, 5.74) is 32.8. The lowest BCUT2D eigenvalue weighted by molar-refractivity contribution is 0.0697. The van der Waals surface area contributed by atoms with Crippen molar-refractivity contribution < 1.29 is 19.5 Å². The van der Waals surface area contributed by atoms with Gasteiger partial charge in [-0.3, -0.25) is 9.59 Å². The van der Waals surface area contributed by atoms with Crippen molar-refractivity contribution in [3.05, 3.63) is 34.9 Å². The Kier molecular flexibility index (Phi) is 9.02. The van der Waals surface area contributed by atoms with Gasteiger partial charge in [0.25, 0.3) is 0 Å². The predicted molar refractivity (Wildman–Crippen MR) is 110 cm³/mol. The Labute approximate surface area is 169 Å². The molecule has 0 amide bonds. The maximum atomic E-state index is 12.8. The zero-order valence-electron chi connectivity index (χ0n) is 16.5. The topological polar surface area (TPSA) is 228 Å². The van der Waals surface area contributed by atoms with Crippen LogP contribution in [0, 0.1) is 10.8 Å². The molecule has 0 aromatic heterocycles. The van der Waals surface area contributed by atoms with E-state index in [0.717, 1.165) is 0 Å². The monoisotopic (exact) mass is 408 g/mol. The lowest BCUT2D eigenvalue weighted by Crippen LogP contribution is -2.45. The van der Waals surface area contributed by atoms with E-state index in [0.29, 0.717) is 0 Å². The first-order valence-corrected chi connectivity index (χ1v) is 9.30. The van der Waals surface area contributed by atoms with Crippen molar-refractivity contribution in [2.45, 2.75) is 12.8 Å². The molecule has 1 rings (SSSR count). The highest BCUT2D eigenvalue weighted by Crippen LogP contribution is 2.25. The van der Waals surface area contributed by atoms with Gasteiger partial charge in [-0.1, -0.05) is 0 Å². The Morgan fingerprint density at radius 3 is 1.14 bits per heavy atom. The average molecular weight is 409 g/mol. The van der Waals surface area contributed by atoms with E-state index in [4.69, 9.17) is 34.4 Å². The van der Waals surface area contributed by atoms with E-state index >= 15 is 0 Å². The number of hydrogen-bond donors (Lipinski definition) is 7. The van der Waals surface area contributed by atoms with Crippen molar-refractivity contribution in [2.24, 2.45) is 45.2 Å². The Bertz CT molecular complexity index is 675. The van der Waals surface area contributed by atoms with Crippen LogP contribution in [0.15, 0.2) is 18.2 Å². The van der Waals surface area contributed by atoms with Gasteiger partial charge in [0, 0.05) is 74.1 Å².